The van der Waals surface area contributed by atoms with Gasteiger partial charge in [-0.05, 0) is 19.4 Å². The monoisotopic (exact) mass is 137 g/mol. The molecule has 0 aromatic heterocycles. The second-order valence-corrected chi connectivity index (χ2v) is 2.21. The van der Waals surface area contributed by atoms with E-state index in [1.165, 1.54) is 0 Å². The first-order chi connectivity index (χ1) is 4.70. The van der Waals surface area contributed by atoms with E-state index in [-0.39, 0.29) is 0 Å². The van der Waals surface area contributed by atoms with Crippen molar-refractivity contribution in [2.75, 3.05) is 0 Å². The fourth-order valence-corrected chi connectivity index (χ4v) is 0.424. The van der Waals surface area contributed by atoms with E-state index < -0.39 is 0 Å². The molecule has 0 fully saturated rings. The molecule has 0 heterocycles. The summed E-state index contributed by atoms with van der Waals surface area (Å²) in [6, 6.07) is 0. The minimum absolute atomic E-state index is 0.904. The lowest BCUT2D eigenvalue weighted by atomic mass is 10.2. The molecule has 1 heteroatoms. The van der Waals surface area contributed by atoms with Crippen LogP contribution in [-0.4, -0.2) is 0 Å². The molecule has 0 amide bonds. The van der Waals surface area contributed by atoms with Crippen molar-refractivity contribution in [1.29, 1.82) is 0 Å². The third-order valence-electron chi connectivity index (χ3n) is 1.29. The number of allylic oxidation sites excluding steroid dienone is 5. The van der Waals surface area contributed by atoms with E-state index in [1.807, 2.05) is 26.0 Å². The quantitative estimate of drug-likeness (QED) is 0.594. The fourth-order valence-electron chi connectivity index (χ4n) is 0.424. The van der Waals surface area contributed by atoms with Gasteiger partial charge >= 0.3 is 0 Å². The van der Waals surface area contributed by atoms with E-state index in [2.05, 4.69) is 6.58 Å². The summed E-state index contributed by atoms with van der Waals surface area (Å²) >= 11 is 0. The molecule has 0 unspecified atom stereocenters. The predicted molar refractivity (Wildman–Crippen MR) is 46.5 cm³/mol. The first kappa shape index (κ1) is 9.02. The molecular formula is C9H15N. The van der Waals surface area contributed by atoms with Crippen LogP contribution >= 0.6 is 0 Å². The van der Waals surface area contributed by atoms with E-state index in [0.29, 0.717) is 0 Å². The maximum absolute atomic E-state index is 5.56. The first-order valence-corrected chi connectivity index (χ1v) is 3.46. The summed E-state index contributed by atoms with van der Waals surface area (Å²) in [4.78, 5) is 0. The molecule has 0 radical (unpaired) electrons. The highest BCUT2D eigenvalue weighted by Gasteiger charge is 1.80. The van der Waals surface area contributed by atoms with Crippen LogP contribution < -0.4 is 5.73 Å². The van der Waals surface area contributed by atoms with Gasteiger partial charge in [0.2, 0.25) is 0 Å². The van der Waals surface area contributed by atoms with Gasteiger partial charge in [0.25, 0.3) is 0 Å². The van der Waals surface area contributed by atoms with Gasteiger partial charge in [-0.15, -0.1) is 0 Å². The van der Waals surface area contributed by atoms with Crippen LogP contribution in [0.4, 0.5) is 0 Å². The summed E-state index contributed by atoms with van der Waals surface area (Å²) in [5.74, 6) is 0. The van der Waals surface area contributed by atoms with Gasteiger partial charge in [-0.3, -0.25) is 0 Å². The molecule has 1 nitrogen and oxygen atoms in total. The second kappa shape index (κ2) is 4.86. The predicted octanol–water partition coefficient (Wildman–Crippen LogP) is 2.37. The zero-order valence-corrected chi connectivity index (χ0v) is 6.72. The van der Waals surface area contributed by atoms with Crippen LogP contribution in [0, 0.1) is 0 Å². The average molecular weight is 137 g/mol. The highest BCUT2D eigenvalue weighted by atomic mass is 14.6. The number of nitrogens with two attached hydrogens (primary N) is 1. The van der Waals surface area contributed by atoms with Crippen molar-refractivity contribution in [2.45, 2.75) is 20.3 Å². The molecule has 0 aromatic rings. The van der Waals surface area contributed by atoms with E-state index >= 15 is 0 Å². The molecule has 2 N–H and O–H groups in total. The normalized spacial score (nSPS) is 13.4. The molecule has 0 bridgehead atoms. The molecule has 56 valence electrons. The Bertz CT molecular complexity index is 164. The summed E-state index contributed by atoms with van der Waals surface area (Å²) in [6.07, 6.45) is 6.59. The minimum Gasteiger partial charge on any atom is -0.402 e. The Morgan fingerprint density at radius 2 is 2.10 bits per heavy atom. The lowest BCUT2D eigenvalue weighted by Gasteiger charge is -1.91. The van der Waals surface area contributed by atoms with Crippen LogP contribution in [0.5, 0.6) is 0 Å². The molecule has 0 atom stereocenters. The van der Waals surface area contributed by atoms with Gasteiger partial charge < -0.3 is 5.73 Å². The van der Waals surface area contributed by atoms with Crippen LogP contribution in [0.2, 0.25) is 0 Å². The maximum atomic E-state index is 5.56. The third kappa shape index (κ3) is 3.96. The summed E-state index contributed by atoms with van der Waals surface area (Å²) in [7, 11) is 0. The summed E-state index contributed by atoms with van der Waals surface area (Å²) in [5.41, 5.74) is 7.60. The zero-order valence-electron chi connectivity index (χ0n) is 6.72. The van der Waals surface area contributed by atoms with E-state index in [0.717, 1.165) is 17.7 Å². The Morgan fingerprint density at radius 1 is 1.50 bits per heavy atom. The van der Waals surface area contributed by atoms with Crippen molar-refractivity contribution in [3.8, 4) is 0 Å². The van der Waals surface area contributed by atoms with Crippen LogP contribution in [-0.2, 0) is 0 Å². The Hall–Kier alpha value is -0.980. The molecule has 0 spiro atoms. The number of hydrogen-bond donors (Lipinski definition) is 1. The van der Waals surface area contributed by atoms with Gasteiger partial charge in [-0.1, -0.05) is 31.2 Å². The van der Waals surface area contributed by atoms with Gasteiger partial charge in [-0.25, -0.2) is 0 Å². The van der Waals surface area contributed by atoms with Crippen molar-refractivity contribution in [3.63, 3.8) is 0 Å². The molecule has 0 aliphatic rings. The van der Waals surface area contributed by atoms with E-state index in [1.54, 1.807) is 6.08 Å². The summed E-state index contributed by atoms with van der Waals surface area (Å²) in [6.45, 7) is 7.65. The topological polar surface area (TPSA) is 26.0 Å². The molecule has 0 saturated carbocycles. The van der Waals surface area contributed by atoms with Crippen molar-refractivity contribution < 1.29 is 0 Å². The van der Waals surface area contributed by atoms with Gasteiger partial charge in [-0.2, -0.15) is 0 Å². The van der Waals surface area contributed by atoms with Crippen LogP contribution in [0.15, 0.2) is 36.1 Å². The molecule has 0 rings (SSSR count). The Kier molecular flexibility index (Phi) is 4.38. The largest absolute Gasteiger partial charge is 0.402 e. The first-order valence-electron chi connectivity index (χ1n) is 3.46. The van der Waals surface area contributed by atoms with Gasteiger partial charge in [0.15, 0.2) is 0 Å². The molecular weight excluding hydrogens is 122 g/mol. The van der Waals surface area contributed by atoms with Gasteiger partial charge in [0.1, 0.15) is 0 Å². The molecule has 0 aliphatic carbocycles. The maximum Gasteiger partial charge on any atom is 0.00777 e. The van der Waals surface area contributed by atoms with Crippen LogP contribution in [0.3, 0.4) is 0 Å². The molecule has 10 heavy (non-hydrogen) atoms. The zero-order chi connectivity index (χ0) is 7.98. The summed E-state index contributed by atoms with van der Waals surface area (Å²) in [5, 5.41) is 0. The summed E-state index contributed by atoms with van der Waals surface area (Å²) < 4.78 is 0. The molecule has 0 saturated heterocycles. The van der Waals surface area contributed by atoms with Crippen molar-refractivity contribution in [3.05, 3.63) is 36.1 Å². The van der Waals surface area contributed by atoms with Crippen LogP contribution in [0.25, 0.3) is 0 Å². The standard InChI is InChI=1S/C9H15N/c1-4-8(3)6-7-9(10)5-2/h4,6-7H,1,5,10H2,2-3H3/b8-6-,9-7+. The highest BCUT2D eigenvalue weighted by molar-refractivity contribution is 5.21. The van der Waals surface area contributed by atoms with Crippen molar-refractivity contribution in [2.24, 2.45) is 5.73 Å². The van der Waals surface area contributed by atoms with Crippen molar-refractivity contribution >= 4 is 0 Å². The smallest absolute Gasteiger partial charge is 0.00777 e. The number of rotatable bonds is 3. The lowest BCUT2D eigenvalue weighted by molar-refractivity contribution is 1.07. The minimum atomic E-state index is 0.904. The van der Waals surface area contributed by atoms with E-state index in [9.17, 15) is 0 Å². The molecule has 0 aromatic carbocycles. The van der Waals surface area contributed by atoms with Gasteiger partial charge in [0, 0.05) is 5.70 Å². The Morgan fingerprint density at radius 3 is 2.50 bits per heavy atom. The lowest BCUT2D eigenvalue weighted by Crippen LogP contribution is -1.92. The van der Waals surface area contributed by atoms with Crippen LogP contribution in [0.1, 0.15) is 20.3 Å². The third-order valence-corrected chi connectivity index (χ3v) is 1.29. The van der Waals surface area contributed by atoms with Gasteiger partial charge in [0.05, 0.1) is 0 Å². The van der Waals surface area contributed by atoms with Crippen molar-refractivity contribution in [1.82, 2.24) is 0 Å². The fraction of sp³-hybridized carbons (Fsp3) is 0.333. The Balaban J connectivity index is 4.03. The highest BCUT2D eigenvalue weighted by Crippen LogP contribution is 1.96. The Labute approximate surface area is 62.9 Å². The second-order valence-electron chi connectivity index (χ2n) is 2.21. The number of hydrogen-bond acceptors (Lipinski definition) is 1. The molecule has 0 aliphatic heterocycles. The SMILES string of the molecule is C=C/C(C)=C\C=C(\N)CC. The average Bonchev–Trinajstić information content (AvgIpc) is 1.99. The van der Waals surface area contributed by atoms with E-state index in [4.69, 9.17) is 5.73 Å².